The molecule has 4 nitrogen and oxygen atoms in total. The molecule has 132 valence electrons. The predicted octanol–water partition coefficient (Wildman–Crippen LogP) is 3.05. The van der Waals surface area contributed by atoms with Crippen molar-refractivity contribution in [1.82, 2.24) is 10.2 Å². The number of carbonyl (C=O) groups excluding carboxylic acids is 1. The number of halogens is 1. The Morgan fingerprint density at radius 2 is 1.83 bits per heavy atom. The maximum atomic E-state index is 13.1. The number of benzene rings is 1. The number of nitrogens with one attached hydrogen (secondary N) is 1. The summed E-state index contributed by atoms with van der Waals surface area (Å²) in [5.74, 6) is -0.227. The lowest BCUT2D eigenvalue weighted by Gasteiger charge is -2.40. The molecule has 2 N–H and O–H groups in total. The van der Waals surface area contributed by atoms with E-state index in [1.807, 2.05) is 17.0 Å². The summed E-state index contributed by atoms with van der Waals surface area (Å²) in [5.41, 5.74) is 1.08. The Morgan fingerprint density at radius 1 is 1.21 bits per heavy atom. The Bertz CT molecular complexity index is 570. The van der Waals surface area contributed by atoms with Gasteiger partial charge in [-0.15, -0.1) is 0 Å². The first-order valence-electron chi connectivity index (χ1n) is 8.92. The summed E-state index contributed by atoms with van der Waals surface area (Å²) in [6, 6.07) is 6.60. The number of urea groups is 1. The van der Waals surface area contributed by atoms with E-state index >= 15 is 0 Å². The van der Waals surface area contributed by atoms with Gasteiger partial charge in [-0.05, 0) is 55.2 Å². The van der Waals surface area contributed by atoms with Crippen molar-refractivity contribution in [2.24, 2.45) is 5.41 Å². The van der Waals surface area contributed by atoms with Crippen LogP contribution >= 0.6 is 0 Å². The fourth-order valence-corrected chi connectivity index (χ4v) is 3.69. The number of rotatable bonds is 5. The molecular formula is C19H27FN2O2. The van der Waals surface area contributed by atoms with E-state index in [-0.39, 0.29) is 29.3 Å². The van der Waals surface area contributed by atoms with Crippen LogP contribution in [0.2, 0.25) is 0 Å². The molecule has 2 amide bonds. The topological polar surface area (TPSA) is 52.6 Å². The van der Waals surface area contributed by atoms with Crippen molar-refractivity contribution in [3.63, 3.8) is 0 Å². The molecule has 24 heavy (non-hydrogen) atoms. The predicted molar refractivity (Wildman–Crippen MR) is 91.3 cm³/mol. The van der Waals surface area contributed by atoms with Gasteiger partial charge in [0.2, 0.25) is 0 Å². The van der Waals surface area contributed by atoms with Gasteiger partial charge in [0, 0.05) is 31.7 Å². The zero-order valence-corrected chi connectivity index (χ0v) is 14.4. The number of aliphatic hydroxyl groups excluding tert-OH is 1. The van der Waals surface area contributed by atoms with Crippen LogP contribution in [0.1, 0.15) is 44.6 Å². The van der Waals surface area contributed by atoms with E-state index < -0.39 is 0 Å². The third kappa shape index (κ3) is 3.41. The molecule has 1 aliphatic carbocycles. The van der Waals surface area contributed by atoms with Crippen molar-refractivity contribution in [3.05, 3.63) is 35.6 Å². The normalized spacial score (nSPS) is 21.4. The van der Waals surface area contributed by atoms with Gasteiger partial charge in [-0.25, -0.2) is 9.18 Å². The lowest BCUT2D eigenvalue weighted by molar-refractivity contribution is 0.0519. The van der Waals surface area contributed by atoms with Crippen molar-refractivity contribution in [2.75, 3.05) is 26.2 Å². The molecule has 0 aromatic heterocycles. The molecule has 2 fully saturated rings. The molecule has 5 heteroatoms. The number of likely N-dealkylation sites (tertiary alicyclic amines) is 1. The zero-order chi connectivity index (χ0) is 17.2. The van der Waals surface area contributed by atoms with Crippen molar-refractivity contribution in [1.29, 1.82) is 0 Å². The number of hydrogen-bond acceptors (Lipinski definition) is 2. The summed E-state index contributed by atoms with van der Waals surface area (Å²) >= 11 is 0. The molecule has 0 atom stereocenters. The number of carbonyl (C=O) groups is 1. The van der Waals surface area contributed by atoms with Crippen LogP contribution in [0.5, 0.6) is 0 Å². The third-order valence-electron chi connectivity index (χ3n) is 6.08. The van der Waals surface area contributed by atoms with Crippen molar-refractivity contribution < 1.29 is 14.3 Å². The van der Waals surface area contributed by atoms with Crippen LogP contribution in [0.4, 0.5) is 9.18 Å². The van der Waals surface area contributed by atoms with Crippen LogP contribution in [0, 0.1) is 11.2 Å². The Kier molecular flexibility index (Phi) is 4.81. The highest BCUT2D eigenvalue weighted by Gasteiger charge is 2.44. The first-order valence-corrected chi connectivity index (χ1v) is 8.92. The van der Waals surface area contributed by atoms with Crippen molar-refractivity contribution >= 4 is 6.03 Å². The monoisotopic (exact) mass is 334 g/mol. The number of aliphatic hydroxyl groups is 1. The van der Waals surface area contributed by atoms with E-state index in [1.54, 1.807) is 0 Å². The molecule has 0 radical (unpaired) electrons. The van der Waals surface area contributed by atoms with Crippen LogP contribution in [-0.4, -0.2) is 42.3 Å². The quantitative estimate of drug-likeness (QED) is 0.869. The van der Waals surface area contributed by atoms with Gasteiger partial charge in [-0.2, -0.15) is 0 Å². The molecule has 0 spiro atoms. The molecule has 1 heterocycles. The molecular weight excluding hydrogens is 307 g/mol. The van der Waals surface area contributed by atoms with Gasteiger partial charge in [0.25, 0.3) is 0 Å². The molecule has 3 rings (SSSR count). The second-order valence-corrected chi connectivity index (χ2v) is 7.44. The average molecular weight is 334 g/mol. The maximum absolute atomic E-state index is 13.1. The van der Waals surface area contributed by atoms with E-state index in [4.69, 9.17) is 0 Å². The fraction of sp³-hybridized carbons (Fsp3) is 0.632. The van der Waals surface area contributed by atoms with Crippen LogP contribution in [0.3, 0.4) is 0 Å². The Morgan fingerprint density at radius 3 is 2.33 bits per heavy atom. The SMILES string of the molecule is CCC1(CO)CCN(C(=O)NCC2(c3ccc(F)cc3)CC2)CC1. The Hall–Kier alpha value is -1.62. The number of nitrogens with zero attached hydrogens (tertiary/aromatic N) is 1. The molecule has 1 saturated carbocycles. The highest BCUT2D eigenvalue weighted by molar-refractivity contribution is 5.74. The fourth-order valence-electron chi connectivity index (χ4n) is 3.69. The lowest BCUT2D eigenvalue weighted by Crippen LogP contribution is -2.49. The molecule has 1 aromatic carbocycles. The Balaban J connectivity index is 1.52. The minimum absolute atomic E-state index is 0.0113. The van der Waals surface area contributed by atoms with E-state index in [0.29, 0.717) is 19.6 Å². The van der Waals surface area contributed by atoms with Gasteiger partial charge in [0.1, 0.15) is 5.82 Å². The third-order valence-corrected chi connectivity index (χ3v) is 6.08. The first kappa shape index (κ1) is 17.2. The van der Waals surface area contributed by atoms with E-state index in [0.717, 1.165) is 37.7 Å². The van der Waals surface area contributed by atoms with E-state index in [2.05, 4.69) is 12.2 Å². The minimum Gasteiger partial charge on any atom is -0.396 e. The number of piperidine rings is 1. The standard InChI is InChI=1S/C19H27FN2O2/c1-2-18(14-23)9-11-22(12-10-18)17(24)21-13-19(7-8-19)15-3-5-16(20)6-4-15/h3-6,23H,2,7-14H2,1H3,(H,21,24). The number of amides is 2. The number of hydrogen-bond donors (Lipinski definition) is 2. The summed E-state index contributed by atoms with van der Waals surface area (Å²) in [7, 11) is 0. The van der Waals surface area contributed by atoms with Gasteiger partial charge in [0.15, 0.2) is 0 Å². The van der Waals surface area contributed by atoms with Gasteiger partial charge < -0.3 is 15.3 Å². The molecule has 0 bridgehead atoms. The minimum atomic E-state index is -0.227. The van der Waals surface area contributed by atoms with Crippen LogP contribution < -0.4 is 5.32 Å². The van der Waals surface area contributed by atoms with E-state index in [9.17, 15) is 14.3 Å². The zero-order valence-electron chi connectivity index (χ0n) is 14.4. The van der Waals surface area contributed by atoms with Gasteiger partial charge in [-0.1, -0.05) is 19.1 Å². The summed E-state index contributed by atoms with van der Waals surface area (Å²) in [4.78, 5) is 14.3. The summed E-state index contributed by atoms with van der Waals surface area (Å²) in [6.45, 7) is 4.30. The lowest BCUT2D eigenvalue weighted by atomic mass is 9.77. The smallest absolute Gasteiger partial charge is 0.317 e. The van der Waals surface area contributed by atoms with Crippen LogP contribution in [0.15, 0.2) is 24.3 Å². The summed E-state index contributed by atoms with van der Waals surface area (Å²) in [5, 5.41) is 12.6. The largest absolute Gasteiger partial charge is 0.396 e. The Labute approximate surface area is 143 Å². The van der Waals surface area contributed by atoms with E-state index in [1.165, 1.54) is 12.1 Å². The molecule has 1 saturated heterocycles. The highest BCUT2D eigenvalue weighted by Crippen LogP contribution is 2.47. The van der Waals surface area contributed by atoms with Gasteiger partial charge in [-0.3, -0.25) is 0 Å². The molecule has 1 aliphatic heterocycles. The van der Waals surface area contributed by atoms with Crippen molar-refractivity contribution in [2.45, 2.75) is 44.4 Å². The van der Waals surface area contributed by atoms with Crippen molar-refractivity contribution in [3.8, 4) is 0 Å². The molecule has 0 unspecified atom stereocenters. The summed E-state index contributed by atoms with van der Waals surface area (Å²) < 4.78 is 13.1. The second-order valence-electron chi connectivity index (χ2n) is 7.44. The first-order chi connectivity index (χ1) is 11.5. The highest BCUT2D eigenvalue weighted by atomic mass is 19.1. The van der Waals surface area contributed by atoms with Gasteiger partial charge in [0.05, 0.1) is 0 Å². The van der Waals surface area contributed by atoms with Gasteiger partial charge >= 0.3 is 6.03 Å². The molecule has 2 aliphatic rings. The maximum Gasteiger partial charge on any atom is 0.317 e. The van der Waals surface area contributed by atoms with Crippen LogP contribution in [-0.2, 0) is 5.41 Å². The average Bonchev–Trinajstić information content (AvgIpc) is 3.41. The molecule has 1 aromatic rings. The second kappa shape index (κ2) is 6.71. The van der Waals surface area contributed by atoms with Crippen LogP contribution in [0.25, 0.3) is 0 Å². The summed E-state index contributed by atoms with van der Waals surface area (Å²) in [6.07, 6.45) is 4.73.